The SMILES string of the molecule is COc1ccc(S(=O)(=O)N2CCC(OC(C)C)CC2)c(C)c1. The van der Waals surface area contributed by atoms with E-state index in [9.17, 15) is 8.42 Å². The van der Waals surface area contributed by atoms with Gasteiger partial charge in [0.25, 0.3) is 0 Å². The molecule has 1 aliphatic rings. The Morgan fingerprint density at radius 3 is 2.36 bits per heavy atom. The van der Waals surface area contributed by atoms with Crippen molar-refractivity contribution < 1.29 is 17.9 Å². The zero-order valence-corrected chi connectivity index (χ0v) is 14.5. The lowest BCUT2D eigenvalue weighted by molar-refractivity contribution is -0.0168. The quantitative estimate of drug-likeness (QED) is 0.834. The van der Waals surface area contributed by atoms with Crippen molar-refractivity contribution in [2.24, 2.45) is 0 Å². The van der Waals surface area contributed by atoms with Gasteiger partial charge in [-0.05, 0) is 57.4 Å². The fraction of sp³-hybridized carbons (Fsp3) is 0.625. The minimum atomic E-state index is -3.45. The molecule has 0 aliphatic carbocycles. The lowest BCUT2D eigenvalue weighted by Gasteiger charge is -2.32. The number of aryl methyl sites for hydroxylation is 1. The van der Waals surface area contributed by atoms with Crippen LogP contribution in [0.4, 0.5) is 0 Å². The third-order valence-electron chi connectivity index (χ3n) is 3.87. The fourth-order valence-corrected chi connectivity index (χ4v) is 4.45. The van der Waals surface area contributed by atoms with Gasteiger partial charge in [0.1, 0.15) is 5.75 Å². The Labute approximate surface area is 133 Å². The highest BCUT2D eigenvalue weighted by atomic mass is 32.2. The van der Waals surface area contributed by atoms with Crippen molar-refractivity contribution in [3.8, 4) is 5.75 Å². The molecule has 124 valence electrons. The van der Waals surface area contributed by atoms with Crippen LogP contribution >= 0.6 is 0 Å². The molecule has 0 radical (unpaired) electrons. The summed E-state index contributed by atoms with van der Waals surface area (Å²) in [4.78, 5) is 0.358. The third kappa shape index (κ3) is 3.80. The van der Waals surface area contributed by atoms with Gasteiger partial charge in [0.2, 0.25) is 10.0 Å². The van der Waals surface area contributed by atoms with Gasteiger partial charge in [-0.2, -0.15) is 4.31 Å². The molecule has 1 aromatic rings. The summed E-state index contributed by atoms with van der Waals surface area (Å²) in [7, 11) is -1.88. The average Bonchev–Trinajstić information content (AvgIpc) is 2.46. The third-order valence-corrected chi connectivity index (χ3v) is 5.92. The Kier molecular flexibility index (Phi) is 5.47. The van der Waals surface area contributed by atoms with Gasteiger partial charge in [0, 0.05) is 13.1 Å². The zero-order chi connectivity index (χ0) is 16.3. The number of hydrogen-bond acceptors (Lipinski definition) is 4. The van der Waals surface area contributed by atoms with E-state index in [0.29, 0.717) is 29.3 Å². The van der Waals surface area contributed by atoms with Crippen molar-refractivity contribution in [2.45, 2.75) is 50.7 Å². The van der Waals surface area contributed by atoms with Crippen LogP contribution in [0.2, 0.25) is 0 Å². The number of piperidine rings is 1. The van der Waals surface area contributed by atoms with Crippen molar-refractivity contribution in [3.63, 3.8) is 0 Å². The molecule has 1 fully saturated rings. The molecular weight excluding hydrogens is 302 g/mol. The second-order valence-electron chi connectivity index (χ2n) is 5.92. The summed E-state index contributed by atoms with van der Waals surface area (Å²) in [5, 5.41) is 0. The van der Waals surface area contributed by atoms with Crippen molar-refractivity contribution in [2.75, 3.05) is 20.2 Å². The Hall–Kier alpha value is -1.11. The number of ether oxygens (including phenoxy) is 2. The second-order valence-corrected chi connectivity index (χ2v) is 7.83. The number of rotatable bonds is 5. The van der Waals surface area contributed by atoms with E-state index in [1.54, 1.807) is 36.5 Å². The molecule has 22 heavy (non-hydrogen) atoms. The Morgan fingerprint density at radius 2 is 1.86 bits per heavy atom. The number of sulfonamides is 1. The van der Waals surface area contributed by atoms with Crippen LogP contribution in [0.3, 0.4) is 0 Å². The summed E-state index contributed by atoms with van der Waals surface area (Å²) in [6.07, 6.45) is 1.82. The van der Waals surface area contributed by atoms with Gasteiger partial charge in [-0.3, -0.25) is 0 Å². The van der Waals surface area contributed by atoms with Crippen LogP contribution in [0.1, 0.15) is 32.3 Å². The predicted molar refractivity (Wildman–Crippen MR) is 85.7 cm³/mol. The van der Waals surface area contributed by atoms with Gasteiger partial charge >= 0.3 is 0 Å². The number of benzene rings is 1. The molecule has 0 saturated carbocycles. The first-order valence-electron chi connectivity index (χ1n) is 7.65. The van der Waals surface area contributed by atoms with E-state index in [0.717, 1.165) is 12.8 Å². The lowest BCUT2D eigenvalue weighted by Crippen LogP contribution is -2.41. The number of nitrogens with zero attached hydrogens (tertiary/aromatic N) is 1. The van der Waals surface area contributed by atoms with E-state index in [-0.39, 0.29) is 12.2 Å². The molecule has 0 aromatic heterocycles. The average molecular weight is 327 g/mol. The molecule has 0 spiro atoms. The summed E-state index contributed by atoms with van der Waals surface area (Å²) >= 11 is 0. The fourth-order valence-electron chi connectivity index (χ4n) is 2.77. The number of methoxy groups -OCH3 is 1. The standard InChI is InChI=1S/C16H25NO4S/c1-12(2)21-14-7-9-17(10-8-14)22(18,19)16-6-5-15(20-4)11-13(16)3/h5-6,11-12,14H,7-10H2,1-4H3. The first-order valence-corrected chi connectivity index (χ1v) is 9.09. The van der Waals surface area contributed by atoms with Gasteiger partial charge in [0.15, 0.2) is 0 Å². The van der Waals surface area contributed by atoms with E-state index in [1.165, 1.54) is 0 Å². The molecule has 1 aliphatic heterocycles. The largest absolute Gasteiger partial charge is 0.497 e. The van der Waals surface area contributed by atoms with Crippen LogP contribution in [0.15, 0.2) is 23.1 Å². The van der Waals surface area contributed by atoms with Crippen molar-refractivity contribution >= 4 is 10.0 Å². The van der Waals surface area contributed by atoms with E-state index in [4.69, 9.17) is 9.47 Å². The van der Waals surface area contributed by atoms with Crippen LogP contribution in [-0.2, 0) is 14.8 Å². The predicted octanol–water partition coefficient (Wildman–Crippen LogP) is 2.58. The summed E-state index contributed by atoms with van der Waals surface area (Å²) < 4.78 is 38.0. The molecule has 2 rings (SSSR count). The van der Waals surface area contributed by atoms with Crippen LogP contribution in [0.5, 0.6) is 5.75 Å². The second kappa shape index (κ2) is 6.98. The summed E-state index contributed by atoms with van der Waals surface area (Å²) in [5.41, 5.74) is 0.708. The van der Waals surface area contributed by atoms with Crippen LogP contribution in [0, 0.1) is 6.92 Å². The first kappa shape index (κ1) is 17.2. The molecule has 0 amide bonds. The lowest BCUT2D eigenvalue weighted by atomic mass is 10.1. The van der Waals surface area contributed by atoms with Gasteiger partial charge in [-0.1, -0.05) is 0 Å². The minimum absolute atomic E-state index is 0.156. The Morgan fingerprint density at radius 1 is 1.23 bits per heavy atom. The molecule has 0 bridgehead atoms. The van der Waals surface area contributed by atoms with Crippen molar-refractivity contribution in [3.05, 3.63) is 23.8 Å². The van der Waals surface area contributed by atoms with Crippen LogP contribution in [0.25, 0.3) is 0 Å². The molecular formula is C16H25NO4S. The van der Waals surface area contributed by atoms with Gasteiger partial charge in [0.05, 0.1) is 24.2 Å². The molecule has 1 heterocycles. The van der Waals surface area contributed by atoms with Crippen molar-refractivity contribution in [1.29, 1.82) is 0 Å². The molecule has 5 nitrogen and oxygen atoms in total. The minimum Gasteiger partial charge on any atom is -0.497 e. The summed E-state index contributed by atoms with van der Waals surface area (Å²) in [5.74, 6) is 0.667. The van der Waals surface area contributed by atoms with Gasteiger partial charge in [-0.15, -0.1) is 0 Å². The maximum atomic E-state index is 12.8. The maximum absolute atomic E-state index is 12.8. The molecule has 6 heteroatoms. The van der Waals surface area contributed by atoms with E-state index >= 15 is 0 Å². The highest BCUT2D eigenvalue weighted by Crippen LogP contribution is 2.27. The highest BCUT2D eigenvalue weighted by Gasteiger charge is 2.31. The summed E-state index contributed by atoms with van der Waals surface area (Å²) in [6.45, 7) is 6.81. The first-order chi connectivity index (χ1) is 10.3. The monoisotopic (exact) mass is 327 g/mol. The molecule has 0 atom stereocenters. The van der Waals surface area contributed by atoms with E-state index in [2.05, 4.69) is 0 Å². The van der Waals surface area contributed by atoms with E-state index in [1.807, 2.05) is 13.8 Å². The Balaban J connectivity index is 2.12. The summed E-state index contributed by atoms with van der Waals surface area (Å²) in [6, 6.07) is 5.07. The van der Waals surface area contributed by atoms with Crippen molar-refractivity contribution in [1.82, 2.24) is 4.31 Å². The van der Waals surface area contributed by atoms with Gasteiger partial charge in [-0.25, -0.2) is 8.42 Å². The Bertz CT molecular complexity index is 605. The maximum Gasteiger partial charge on any atom is 0.243 e. The molecule has 0 unspecified atom stereocenters. The van der Waals surface area contributed by atoms with E-state index < -0.39 is 10.0 Å². The molecule has 1 aromatic carbocycles. The highest BCUT2D eigenvalue weighted by molar-refractivity contribution is 7.89. The molecule has 0 N–H and O–H groups in total. The van der Waals surface area contributed by atoms with Crippen LogP contribution in [-0.4, -0.2) is 45.1 Å². The van der Waals surface area contributed by atoms with Crippen LogP contribution < -0.4 is 4.74 Å². The zero-order valence-electron chi connectivity index (χ0n) is 13.7. The molecule has 1 saturated heterocycles. The normalized spacial score (nSPS) is 17.9. The van der Waals surface area contributed by atoms with Gasteiger partial charge < -0.3 is 9.47 Å². The topological polar surface area (TPSA) is 55.8 Å². The number of hydrogen-bond donors (Lipinski definition) is 0. The smallest absolute Gasteiger partial charge is 0.243 e.